The smallest absolute Gasteiger partial charge is 0.193 e. The Labute approximate surface area is 264 Å². The molecule has 0 amide bonds. The summed E-state index contributed by atoms with van der Waals surface area (Å²) >= 11 is 0. The van der Waals surface area contributed by atoms with Gasteiger partial charge in [0.15, 0.2) is 5.43 Å². The number of hydrogen-bond donors (Lipinski definition) is 1. The van der Waals surface area contributed by atoms with E-state index in [1.54, 1.807) is 0 Å². The van der Waals surface area contributed by atoms with E-state index >= 15 is 4.39 Å². The van der Waals surface area contributed by atoms with Crippen molar-refractivity contribution in [2.45, 2.75) is 83.6 Å². The third-order valence-electron chi connectivity index (χ3n) is 9.81. The van der Waals surface area contributed by atoms with Crippen LogP contribution in [-0.4, -0.2) is 57.7 Å². The lowest BCUT2D eigenvalue weighted by Crippen LogP contribution is -2.48. The molecule has 2 N–H and O–H groups in total. The molecule has 236 valence electrons. The van der Waals surface area contributed by atoms with Crippen LogP contribution in [0, 0.1) is 19.7 Å². The first-order valence-electron chi connectivity index (χ1n) is 16.5. The number of benzene rings is 1. The van der Waals surface area contributed by atoms with Gasteiger partial charge in [0, 0.05) is 92.1 Å². The predicted molar refractivity (Wildman–Crippen MR) is 178 cm³/mol. The molecule has 9 heteroatoms. The fourth-order valence-electron chi connectivity index (χ4n) is 7.26. The highest BCUT2D eigenvalue weighted by atomic mass is 19.1. The molecule has 4 aromatic rings. The molecular formula is C36H44FN7O. The van der Waals surface area contributed by atoms with Crippen LogP contribution in [0.15, 0.2) is 59.8 Å². The second-order valence-electron chi connectivity index (χ2n) is 13.4. The second-order valence-corrected chi connectivity index (χ2v) is 13.4. The van der Waals surface area contributed by atoms with Gasteiger partial charge in [-0.15, -0.1) is 0 Å². The topological polar surface area (TPSA) is 83.5 Å². The second kappa shape index (κ2) is 12.5. The highest BCUT2D eigenvalue weighted by molar-refractivity contribution is 5.84. The standard InChI is InChI=1S/C36H44FN7O/c1-24-7-8-30(18-40-24)41-13-4-6-31(23-41)43(19-26-11-12-39-25(2)15-26)20-27-21-44(29-9-10-29)34-17-35(33(37)16-32(34)36(27)45)42-14-3-5-28(38)22-42/h7-8,11-12,15-18,21,28-29,31H,3-6,9-10,13-14,19-20,22-23,38H2,1-2H3/t28?,31-/m0/s1. The van der Waals surface area contributed by atoms with E-state index < -0.39 is 0 Å². The molecule has 2 atom stereocenters. The van der Waals surface area contributed by atoms with Crippen molar-refractivity contribution in [2.75, 3.05) is 36.0 Å². The lowest BCUT2D eigenvalue weighted by Gasteiger charge is -2.40. The van der Waals surface area contributed by atoms with E-state index in [4.69, 9.17) is 5.73 Å². The highest BCUT2D eigenvalue weighted by Crippen LogP contribution is 2.38. The van der Waals surface area contributed by atoms with Crippen LogP contribution in [0.1, 0.15) is 67.1 Å². The number of hydrogen-bond acceptors (Lipinski definition) is 7. The Morgan fingerprint density at radius 2 is 1.76 bits per heavy atom. The van der Waals surface area contributed by atoms with Gasteiger partial charge < -0.3 is 20.1 Å². The minimum absolute atomic E-state index is 0.0370. The van der Waals surface area contributed by atoms with Gasteiger partial charge in [-0.05, 0) is 94.3 Å². The van der Waals surface area contributed by atoms with Gasteiger partial charge in [-0.2, -0.15) is 0 Å². The Morgan fingerprint density at radius 1 is 0.933 bits per heavy atom. The molecule has 3 aliphatic rings. The molecule has 0 radical (unpaired) electrons. The van der Waals surface area contributed by atoms with Gasteiger partial charge in [0.1, 0.15) is 5.82 Å². The van der Waals surface area contributed by atoms with Crippen LogP contribution < -0.4 is 21.0 Å². The molecule has 8 nitrogen and oxygen atoms in total. The van der Waals surface area contributed by atoms with Gasteiger partial charge in [-0.3, -0.25) is 19.7 Å². The molecule has 0 bridgehead atoms. The van der Waals surface area contributed by atoms with E-state index in [0.29, 0.717) is 36.7 Å². The summed E-state index contributed by atoms with van der Waals surface area (Å²) in [6, 6.07) is 12.4. The number of nitrogens with zero attached hydrogens (tertiary/aromatic N) is 6. The molecule has 0 spiro atoms. The van der Waals surface area contributed by atoms with Crippen molar-refractivity contribution in [3.63, 3.8) is 0 Å². The van der Waals surface area contributed by atoms with Crippen molar-refractivity contribution in [2.24, 2.45) is 5.73 Å². The van der Waals surface area contributed by atoms with Crippen molar-refractivity contribution in [3.05, 3.63) is 93.5 Å². The van der Waals surface area contributed by atoms with Crippen molar-refractivity contribution >= 4 is 22.3 Å². The van der Waals surface area contributed by atoms with Crippen LogP contribution >= 0.6 is 0 Å². The van der Waals surface area contributed by atoms with Gasteiger partial charge in [0.2, 0.25) is 0 Å². The number of piperidine rings is 2. The quantitative estimate of drug-likeness (QED) is 0.283. The average molecular weight is 610 g/mol. The zero-order valence-electron chi connectivity index (χ0n) is 26.5. The van der Waals surface area contributed by atoms with E-state index in [-0.39, 0.29) is 23.3 Å². The Bertz CT molecular complexity index is 1730. The highest BCUT2D eigenvalue weighted by Gasteiger charge is 2.30. The van der Waals surface area contributed by atoms with E-state index in [1.165, 1.54) is 11.6 Å². The van der Waals surface area contributed by atoms with Crippen LogP contribution in [0.4, 0.5) is 15.8 Å². The van der Waals surface area contributed by atoms with Gasteiger partial charge in [0.05, 0.1) is 23.1 Å². The average Bonchev–Trinajstić information content (AvgIpc) is 3.88. The number of aromatic nitrogens is 3. The van der Waals surface area contributed by atoms with Crippen LogP contribution in [0.5, 0.6) is 0 Å². The summed E-state index contributed by atoms with van der Waals surface area (Å²) in [6.07, 6.45) is 12.0. The minimum atomic E-state index is -0.341. The number of aryl methyl sites for hydroxylation is 2. The summed E-state index contributed by atoms with van der Waals surface area (Å²) in [7, 11) is 0. The van der Waals surface area contributed by atoms with Crippen molar-refractivity contribution < 1.29 is 4.39 Å². The van der Waals surface area contributed by atoms with Gasteiger partial charge in [-0.1, -0.05) is 0 Å². The molecule has 3 fully saturated rings. The Morgan fingerprint density at radius 3 is 2.51 bits per heavy atom. The zero-order valence-corrected chi connectivity index (χ0v) is 26.5. The van der Waals surface area contributed by atoms with Crippen molar-refractivity contribution in [1.82, 2.24) is 19.4 Å². The van der Waals surface area contributed by atoms with Gasteiger partial charge >= 0.3 is 0 Å². The van der Waals surface area contributed by atoms with Crippen LogP contribution in [0.25, 0.3) is 10.9 Å². The SMILES string of the molecule is Cc1ccc(N2CCC[C@H](N(Cc3ccnc(C)c3)Cc3cn(C4CC4)c4cc(N5CCCC(N)C5)c(F)cc4c3=O)C2)cn1. The maximum Gasteiger partial charge on any atom is 0.193 e. The fourth-order valence-corrected chi connectivity index (χ4v) is 7.26. The van der Waals surface area contributed by atoms with E-state index in [1.807, 2.05) is 32.3 Å². The van der Waals surface area contributed by atoms with Crippen LogP contribution in [0.3, 0.4) is 0 Å². The Kier molecular flexibility index (Phi) is 8.31. The van der Waals surface area contributed by atoms with E-state index in [9.17, 15) is 4.79 Å². The molecule has 1 unspecified atom stereocenters. The first kappa shape index (κ1) is 29.9. The number of fused-ring (bicyclic) bond motifs is 1. The number of halogens is 1. The number of rotatable bonds is 8. The summed E-state index contributed by atoms with van der Waals surface area (Å²) in [6.45, 7) is 8.48. The predicted octanol–water partition coefficient (Wildman–Crippen LogP) is 5.48. The summed E-state index contributed by atoms with van der Waals surface area (Å²) < 4.78 is 18.0. The number of pyridine rings is 3. The molecule has 45 heavy (non-hydrogen) atoms. The number of anilines is 2. The summed E-state index contributed by atoms with van der Waals surface area (Å²) in [5.74, 6) is -0.341. The Balaban J connectivity index is 1.25. The fraction of sp³-hybridized carbons (Fsp3) is 0.472. The normalized spacial score (nSPS) is 20.7. The summed E-state index contributed by atoms with van der Waals surface area (Å²) in [5, 5.41) is 0.470. The molecule has 5 heterocycles. The molecule has 1 aromatic carbocycles. The molecule has 3 aromatic heterocycles. The zero-order chi connectivity index (χ0) is 31.1. The third kappa shape index (κ3) is 6.47. The molecule has 7 rings (SSSR count). The largest absolute Gasteiger partial charge is 0.369 e. The van der Waals surface area contributed by atoms with Crippen molar-refractivity contribution in [1.29, 1.82) is 0 Å². The molecule has 2 aliphatic heterocycles. The maximum absolute atomic E-state index is 15.7. The monoisotopic (exact) mass is 609 g/mol. The van der Waals surface area contributed by atoms with Crippen LogP contribution in [0.2, 0.25) is 0 Å². The first-order valence-corrected chi connectivity index (χ1v) is 16.5. The first-order chi connectivity index (χ1) is 21.8. The Hall–Kier alpha value is -3.82. The van der Waals surface area contributed by atoms with Gasteiger partial charge in [0.25, 0.3) is 0 Å². The van der Waals surface area contributed by atoms with E-state index in [2.05, 4.69) is 59.7 Å². The summed E-state index contributed by atoms with van der Waals surface area (Å²) in [5.41, 5.74) is 12.6. The van der Waals surface area contributed by atoms with E-state index in [0.717, 1.165) is 86.3 Å². The molecule has 1 aliphatic carbocycles. The third-order valence-corrected chi connectivity index (χ3v) is 9.81. The van der Waals surface area contributed by atoms with Crippen molar-refractivity contribution in [3.8, 4) is 0 Å². The lowest BCUT2D eigenvalue weighted by atomic mass is 10.0. The molecular weight excluding hydrogens is 565 g/mol. The molecule has 1 saturated carbocycles. The molecule has 2 saturated heterocycles. The van der Waals surface area contributed by atoms with Gasteiger partial charge in [-0.25, -0.2) is 4.39 Å². The number of nitrogens with two attached hydrogens (primary N) is 1. The maximum atomic E-state index is 15.7. The van der Waals surface area contributed by atoms with Crippen LogP contribution in [-0.2, 0) is 13.1 Å². The lowest BCUT2D eigenvalue weighted by molar-refractivity contribution is 0.158. The summed E-state index contributed by atoms with van der Waals surface area (Å²) in [4.78, 5) is 30.1. The minimum Gasteiger partial charge on any atom is -0.369 e.